The number of allylic oxidation sites excluding steroid dienone is 3. The molecule has 1 N–H and O–H groups in total. The van der Waals surface area contributed by atoms with E-state index in [0.29, 0.717) is 12.2 Å². The molecule has 27 heavy (non-hydrogen) atoms. The molecule has 1 unspecified atom stereocenters. The number of aldehydes is 1. The van der Waals surface area contributed by atoms with Gasteiger partial charge in [-0.1, -0.05) is 22.0 Å². The molecule has 0 aliphatic heterocycles. The molecule has 0 radical (unpaired) electrons. The Labute approximate surface area is 168 Å². The van der Waals surface area contributed by atoms with Crippen LogP contribution in [-0.2, 0) is 14.8 Å². The molecule has 1 aromatic carbocycles. The summed E-state index contributed by atoms with van der Waals surface area (Å²) in [5.41, 5.74) is 0.0670. The Bertz CT molecular complexity index is 1070. The summed E-state index contributed by atoms with van der Waals surface area (Å²) < 4.78 is 32.1. The molecule has 1 aromatic heterocycles. The highest BCUT2D eigenvalue weighted by Crippen LogP contribution is 2.30. The summed E-state index contributed by atoms with van der Waals surface area (Å²) in [4.78, 5) is 14.8. The van der Waals surface area contributed by atoms with Crippen LogP contribution in [0.25, 0.3) is 0 Å². The van der Waals surface area contributed by atoms with Crippen LogP contribution in [0.5, 0.6) is 5.75 Å². The number of rotatable bonds is 6. The minimum Gasteiger partial charge on any atom is -0.456 e. The number of anilines is 1. The predicted octanol–water partition coefficient (Wildman–Crippen LogP) is 3.37. The van der Waals surface area contributed by atoms with E-state index in [4.69, 9.17) is 4.74 Å². The van der Waals surface area contributed by atoms with Crippen LogP contribution in [0.4, 0.5) is 5.13 Å². The molecule has 2 aromatic rings. The maximum absolute atomic E-state index is 12.4. The summed E-state index contributed by atoms with van der Waals surface area (Å²) in [5.74, 6) is 0.676. The van der Waals surface area contributed by atoms with Crippen molar-refractivity contribution in [2.45, 2.75) is 15.6 Å². The summed E-state index contributed by atoms with van der Waals surface area (Å²) in [5, 5.41) is 11.3. The second kappa shape index (κ2) is 7.64. The number of halogens is 1. The van der Waals surface area contributed by atoms with Crippen LogP contribution in [0, 0.1) is 11.3 Å². The van der Waals surface area contributed by atoms with Gasteiger partial charge in [-0.05, 0) is 36.8 Å². The van der Waals surface area contributed by atoms with Crippen LogP contribution < -0.4 is 9.46 Å². The molecule has 0 spiro atoms. The standard InChI is InChI=1S/C17H12BrN3O4S2/c18-17(11-22)5-3-13(4-6-17)25-15-2-1-14(9-12(15)10-19)27(23,24)21-16-20-7-8-26-16/h1-5,7-9,11H,6H2,(H,20,21). The Morgan fingerprint density at radius 3 is 2.85 bits per heavy atom. The molecular formula is C17H12BrN3O4S2. The number of benzene rings is 1. The molecule has 0 amide bonds. The Hall–Kier alpha value is -2.48. The second-order valence-corrected chi connectivity index (χ2v) is 9.56. The first kappa shape index (κ1) is 19.3. The van der Waals surface area contributed by atoms with Crippen LogP contribution in [-0.4, -0.2) is 24.0 Å². The van der Waals surface area contributed by atoms with Crippen LogP contribution in [0.1, 0.15) is 12.0 Å². The van der Waals surface area contributed by atoms with Crippen molar-refractivity contribution >= 4 is 48.7 Å². The van der Waals surface area contributed by atoms with Gasteiger partial charge in [0.15, 0.2) is 5.13 Å². The summed E-state index contributed by atoms with van der Waals surface area (Å²) in [6, 6.07) is 5.93. The number of ether oxygens (including phenoxy) is 1. The molecular weight excluding hydrogens is 454 g/mol. The highest BCUT2D eigenvalue weighted by Gasteiger charge is 2.25. The minimum atomic E-state index is -3.87. The van der Waals surface area contributed by atoms with Crippen molar-refractivity contribution in [2.24, 2.45) is 0 Å². The summed E-state index contributed by atoms with van der Waals surface area (Å²) in [6.07, 6.45) is 7.64. The van der Waals surface area contributed by atoms with Crippen LogP contribution in [0.3, 0.4) is 0 Å². The fraction of sp³-hybridized carbons (Fsp3) is 0.118. The van der Waals surface area contributed by atoms with Gasteiger partial charge in [-0.15, -0.1) is 11.3 Å². The van der Waals surface area contributed by atoms with Crippen molar-refractivity contribution in [3.8, 4) is 11.8 Å². The quantitative estimate of drug-likeness (QED) is 0.517. The van der Waals surface area contributed by atoms with Gasteiger partial charge in [0.25, 0.3) is 10.0 Å². The molecule has 1 atom stereocenters. The number of thiazole rings is 1. The first-order valence-corrected chi connectivity index (χ1v) is 10.7. The SMILES string of the molecule is N#Cc1cc(S(=O)(=O)Nc2nccs2)ccc1OC1=CCC(Br)(C=O)C=C1. The fourth-order valence-electron chi connectivity index (χ4n) is 2.20. The highest BCUT2D eigenvalue weighted by molar-refractivity contribution is 9.10. The average Bonchev–Trinajstić information content (AvgIpc) is 3.16. The Morgan fingerprint density at radius 2 is 2.26 bits per heavy atom. The number of alkyl halides is 1. The van der Waals surface area contributed by atoms with Gasteiger partial charge in [0.05, 0.1) is 10.5 Å². The molecule has 1 aliphatic carbocycles. The van der Waals surface area contributed by atoms with Crippen LogP contribution >= 0.6 is 27.3 Å². The van der Waals surface area contributed by atoms with Crippen molar-refractivity contribution in [1.82, 2.24) is 4.98 Å². The van der Waals surface area contributed by atoms with Gasteiger partial charge in [-0.25, -0.2) is 13.4 Å². The Balaban J connectivity index is 1.82. The Morgan fingerprint density at radius 1 is 1.44 bits per heavy atom. The van der Waals surface area contributed by atoms with Crippen LogP contribution in [0.2, 0.25) is 0 Å². The molecule has 0 saturated carbocycles. The van der Waals surface area contributed by atoms with E-state index in [9.17, 15) is 18.5 Å². The number of nitriles is 1. The predicted molar refractivity (Wildman–Crippen MR) is 104 cm³/mol. The van der Waals surface area contributed by atoms with Gasteiger partial charge < -0.3 is 9.53 Å². The minimum absolute atomic E-state index is 0.0670. The third-order valence-corrected chi connectivity index (χ3v) is 6.53. The van der Waals surface area contributed by atoms with Crippen LogP contribution in [0.15, 0.2) is 58.7 Å². The molecule has 1 heterocycles. The normalized spacial score (nSPS) is 19.0. The largest absolute Gasteiger partial charge is 0.456 e. The van der Waals surface area contributed by atoms with Gasteiger partial charge in [0.1, 0.15) is 28.2 Å². The van der Waals surface area contributed by atoms with Crippen molar-refractivity contribution in [2.75, 3.05) is 4.72 Å². The number of carbonyl (C=O) groups excluding carboxylic acids is 1. The number of aromatic nitrogens is 1. The van der Waals surface area contributed by atoms with E-state index in [0.717, 1.165) is 17.6 Å². The van der Waals surface area contributed by atoms with Gasteiger partial charge in [-0.2, -0.15) is 5.26 Å². The topological polar surface area (TPSA) is 109 Å². The van der Waals surface area contributed by atoms with Crippen molar-refractivity contribution < 1.29 is 17.9 Å². The monoisotopic (exact) mass is 465 g/mol. The highest BCUT2D eigenvalue weighted by atomic mass is 79.9. The van der Waals surface area contributed by atoms with E-state index in [1.54, 1.807) is 23.6 Å². The molecule has 10 heteroatoms. The third-order valence-electron chi connectivity index (χ3n) is 3.60. The molecule has 3 rings (SSSR count). The lowest BCUT2D eigenvalue weighted by Gasteiger charge is -2.19. The second-order valence-electron chi connectivity index (χ2n) is 5.50. The van der Waals surface area contributed by atoms with E-state index < -0.39 is 14.3 Å². The van der Waals surface area contributed by atoms with E-state index in [2.05, 4.69) is 25.6 Å². The molecule has 138 valence electrons. The number of hydrogen-bond donors (Lipinski definition) is 1. The third kappa shape index (κ3) is 4.44. The van der Waals surface area contributed by atoms with Gasteiger partial charge in [-0.3, -0.25) is 4.72 Å². The maximum atomic E-state index is 12.4. The van der Waals surface area contributed by atoms with E-state index in [1.165, 1.54) is 24.4 Å². The molecule has 1 aliphatic rings. The summed E-state index contributed by atoms with van der Waals surface area (Å²) >= 11 is 4.45. The van der Waals surface area contributed by atoms with Crippen molar-refractivity contribution in [3.63, 3.8) is 0 Å². The number of carbonyl (C=O) groups is 1. The molecule has 7 nitrogen and oxygen atoms in total. The lowest BCUT2D eigenvalue weighted by atomic mass is 10.0. The molecule has 0 saturated heterocycles. The fourth-order valence-corrected chi connectivity index (χ4v) is 4.31. The zero-order valence-corrected chi connectivity index (χ0v) is 16.8. The average molecular weight is 466 g/mol. The van der Waals surface area contributed by atoms with E-state index in [1.807, 2.05) is 6.07 Å². The van der Waals surface area contributed by atoms with E-state index in [-0.39, 0.29) is 21.3 Å². The summed E-state index contributed by atoms with van der Waals surface area (Å²) in [6.45, 7) is 0. The number of nitrogens with zero attached hydrogens (tertiary/aromatic N) is 2. The number of hydrogen-bond acceptors (Lipinski definition) is 7. The van der Waals surface area contributed by atoms with Gasteiger partial charge in [0, 0.05) is 11.6 Å². The Kier molecular flexibility index (Phi) is 5.46. The number of nitrogens with one attached hydrogen (secondary N) is 1. The first-order chi connectivity index (χ1) is 12.8. The number of sulfonamides is 1. The molecule has 0 fully saturated rings. The smallest absolute Gasteiger partial charge is 0.263 e. The lowest BCUT2D eigenvalue weighted by Crippen LogP contribution is -2.21. The molecule has 0 bridgehead atoms. The van der Waals surface area contributed by atoms with Gasteiger partial charge >= 0.3 is 0 Å². The maximum Gasteiger partial charge on any atom is 0.263 e. The zero-order valence-electron chi connectivity index (χ0n) is 13.6. The van der Waals surface area contributed by atoms with Crippen molar-refractivity contribution in [3.05, 3.63) is 59.3 Å². The lowest BCUT2D eigenvalue weighted by molar-refractivity contribution is -0.108. The first-order valence-electron chi connectivity index (χ1n) is 7.54. The zero-order chi connectivity index (χ0) is 19.5. The van der Waals surface area contributed by atoms with Crippen molar-refractivity contribution in [1.29, 1.82) is 5.26 Å². The van der Waals surface area contributed by atoms with E-state index >= 15 is 0 Å². The van der Waals surface area contributed by atoms with Gasteiger partial charge in [0.2, 0.25) is 0 Å². The summed E-state index contributed by atoms with van der Waals surface area (Å²) in [7, 11) is -3.87.